The molecule has 1 aromatic rings. The van der Waals surface area contributed by atoms with Gasteiger partial charge in [0.2, 0.25) is 5.91 Å². The van der Waals surface area contributed by atoms with Gasteiger partial charge in [0.25, 0.3) is 0 Å². The van der Waals surface area contributed by atoms with Crippen molar-refractivity contribution in [2.45, 2.75) is 58.4 Å². The summed E-state index contributed by atoms with van der Waals surface area (Å²) in [5, 5.41) is 6.33. The van der Waals surface area contributed by atoms with Gasteiger partial charge in [-0.3, -0.25) is 9.78 Å². The van der Waals surface area contributed by atoms with Crippen LogP contribution < -0.4 is 10.6 Å². The number of amides is 1. The second-order valence-electron chi connectivity index (χ2n) is 5.41. The number of hydrogen-bond donors (Lipinski definition) is 2. The minimum Gasteiger partial charge on any atom is -0.356 e. The van der Waals surface area contributed by atoms with Crippen LogP contribution in [-0.4, -0.2) is 24.0 Å². The van der Waals surface area contributed by atoms with Crippen molar-refractivity contribution in [3.05, 3.63) is 30.1 Å². The van der Waals surface area contributed by atoms with Crippen molar-refractivity contribution < 1.29 is 4.79 Å². The van der Waals surface area contributed by atoms with Crippen LogP contribution in [-0.2, 0) is 11.3 Å². The first-order chi connectivity index (χ1) is 10.3. The molecular formula is C17H29N3O. The Kier molecular flexibility index (Phi) is 10.4. The van der Waals surface area contributed by atoms with E-state index in [1.165, 1.54) is 31.2 Å². The van der Waals surface area contributed by atoms with Gasteiger partial charge in [-0.05, 0) is 31.0 Å². The second-order valence-corrected chi connectivity index (χ2v) is 5.41. The molecule has 0 spiro atoms. The van der Waals surface area contributed by atoms with E-state index in [4.69, 9.17) is 0 Å². The summed E-state index contributed by atoms with van der Waals surface area (Å²) in [6.45, 7) is 4.70. The lowest BCUT2D eigenvalue weighted by molar-refractivity contribution is -0.121. The number of rotatable bonds is 12. The Morgan fingerprint density at radius 2 is 2.00 bits per heavy atom. The Morgan fingerprint density at radius 3 is 2.76 bits per heavy atom. The maximum absolute atomic E-state index is 11.6. The van der Waals surface area contributed by atoms with Gasteiger partial charge in [-0.25, -0.2) is 0 Å². The number of carbonyl (C=O) groups is 1. The van der Waals surface area contributed by atoms with Crippen LogP contribution in [0.1, 0.15) is 57.4 Å². The summed E-state index contributed by atoms with van der Waals surface area (Å²) in [7, 11) is 0. The fraction of sp³-hybridized carbons (Fsp3) is 0.647. The number of hydrogen-bond acceptors (Lipinski definition) is 3. The standard InChI is InChI=1S/C17H29N3O/c1-2-3-4-5-6-10-17(21)20-13-8-12-19-15-16-9-7-11-18-14-16/h7,9,11,14,19H,2-6,8,10,12-13,15H2,1H3,(H,20,21). The Morgan fingerprint density at radius 1 is 1.14 bits per heavy atom. The van der Waals surface area contributed by atoms with Crippen molar-refractivity contribution >= 4 is 5.91 Å². The molecule has 1 aromatic heterocycles. The number of nitrogens with zero attached hydrogens (tertiary/aromatic N) is 1. The molecule has 0 saturated heterocycles. The van der Waals surface area contributed by atoms with Crippen LogP contribution in [0.5, 0.6) is 0 Å². The van der Waals surface area contributed by atoms with Gasteiger partial charge in [-0.2, -0.15) is 0 Å². The number of nitrogens with one attached hydrogen (secondary N) is 2. The van der Waals surface area contributed by atoms with Crippen LogP contribution in [0.2, 0.25) is 0 Å². The summed E-state index contributed by atoms with van der Waals surface area (Å²) < 4.78 is 0. The summed E-state index contributed by atoms with van der Waals surface area (Å²) in [5.74, 6) is 0.193. The third-order valence-electron chi connectivity index (χ3n) is 3.41. The predicted molar refractivity (Wildman–Crippen MR) is 86.9 cm³/mol. The van der Waals surface area contributed by atoms with E-state index in [0.717, 1.165) is 32.5 Å². The van der Waals surface area contributed by atoms with E-state index < -0.39 is 0 Å². The molecule has 4 heteroatoms. The third-order valence-corrected chi connectivity index (χ3v) is 3.41. The molecule has 21 heavy (non-hydrogen) atoms. The zero-order valence-electron chi connectivity index (χ0n) is 13.2. The topological polar surface area (TPSA) is 54.0 Å². The number of aromatic nitrogens is 1. The zero-order valence-corrected chi connectivity index (χ0v) is 13.2. The third kappa shape index (κ3) is 10.0. The van der Waals surface area contributed by atoms with Crippen LogP contribution in [0.3, 0.4) is 0 Å². The molecule has 0 aliphatic heterocycles. The van der Waals surface area contributed by atoms with Crippen LogP contribution in [0.4, 0.5) is 0 Å². The van der Waals surface area contributed by atoms with Gasteiger partial charge in [-0.15, -0.1) is 0 Å². The average molecular weight is 291 g/mol. The summed E-state index contributed by atoms with van der Waals surface area (Å²) in [4.78, 5) is 15.7. The second kappa shape index (κ2) is 12.3. The van der Waals surface area contributed by atoms with Crippen molar-refractivity contribution in [1.82, 2.24) is 15.6 Å². The fourth-order valence-electron chi connectivity index (χ4n) is 2.15. The molecule has 1 heterocycles. The van der Waals surface area contributed by atoms with Crippen molar-refractivity contribution in [1.29, 1.82) is 0 Å². The molecule has 0 bridgehead atoms. The SMILES string of the molecule is CCCCCCCC(=O)NCCCNCc1cccnc1. The highest BCUT2D eigenvalue weighted by Gasteiger charge is 2.00. The van der Waals surface area contributed by atoms with Crippen LogP contribution in [0, 0.1) is 0 Å². The smallest absolute Gasteiger partial charge is 0.219 e. The van der Waals surface area contributed by atoms with Crippen LogP contribution >= 0.6 is 0 Å². The van der Waals surface area contributed by atoms with E-state index >= 15 is 0 Å². The van der Waals surface area contributed by atoms with E-state index in [0.29, 0.717) is 6.42 Å². The van der Waals surface area contributed by atoms with Gasteiger partial charge in [0.15, 0.2) is 0 Å². The summed E-state index contributed by atoms with van der Waals surface area (Å²) in [6.07, 6.45) is 11.3. The Bertz CT molecular complexity index is 368. The fourth-order valence-corrected chi connectivity index (χ4v) is 2.15. The normalized spacial score (nSPS) is 10.5. The molecule has 4 nitrogen and oxygen atoms in total. The maximum atomic E-state index is 11.6. The molecule has 1 amide bonds. The first kappa shape index (κ1) is 17.6. The van der Waals surface area contributed by atoms with Crippen molar-refractivity contribution in [2.75, 3.05) is 13.1 Å². The van der Waals surface area contributed by atoms with Gasteiger partial charge in [0.05, 0.1) is 0 Å². The molecule has 0 fully saturated rings. The highest BCUT2D eigenvalue weighted by atomic mass is 16.1. The zero-order chi connectivity index (χ0) is 15.2. The van der Waals surface area contributed by atoms with Crippen molar-refractivity contribution in [3.8, 4) is 0 Å². The molecular weight excluding hydrogens is 262 g/mol. The van der Waals surface area contributed by atoms with E-state index in [9.17, 15) is 4.79 Å². The molecule has 0 atom stereocenters. The van der Waals surface area contributed by atoms with E-state index in [1.807, 2.05) is 12.3 Å². The Labute approximate surface area is 128 Å². The molecule has 1 rings (SSSR count). The van der Waals surface area contributed by atoms with Gasteiger partial charge >= 0.3 is 0 Å². The first-order valence-electron chi connectivity index (χ1n) is 8.19. The van der Waals surface area contributed by atoms with E-state index in [2.05, 4.69) is 28.6 Å². The molecule has 0 saturated carbocycles. The van der Waals surface area contributed by atoms with E-state index in [-0.39, 0.29) is 5.91 Å². The number of carbonyl (C=O) groups excluding carboxylic acids is 1. The predicted octanol–water partition coefficient (Wildman–Crippen LogP) is 3.04. The molecule has 0 radical (unpaired) electrons. The highest BCUT2D eigenvalue weighted by molar-refractivity contribution is 5.75. The van der Waals surface area contributed by atoms with Crippen molar-refractivity contribution in [2.24, 2.45) is 0 Å². The van der Waals surface area contributed by atoms with E-state index in [1.54, 1.807) is 6.20 Å². The molecule has 0 aromatic carbocycles. The average Bonchev–Trinajstić information content (AvgIpc) is 2.51. The maximum Gasteiger partial charge on any atom is 0.219 e. The molecule has 118 valence electrons. The summed E-state index contributed by atoms with van der Waals surface area (Å²) in [5.41, 5.74) is 1.19. The van der Waals surface area contributed by atoms with Gasteiger partial charge < -0.3 is 10.6 Å². The van der Waals surface area contributed by atoms with Crippen LogP contribution in [0.25, 0.3) is 0 Å². The quantitative estimate of drug-likeness (QED) is 0.582. The van der Waals surface area contributed by atoms with Crippen molar-refractivity contribution in [3.63, 3.8) is 0 Å². The minimum absolute atomic E-state index is 0.193. The number of unbranched alkanes of at least 4 members (excludes halogenated alkanes) is 4. The van der Waals surface area contributed by atoms with Crippen LogP contribution in [0.15, 0.2) is 24.5 Å². The Balaban J connectivity index is 1.88. The monoisotopic (exact) mass is 291 g/mol. The lowest BCUT2D eigenvalue weighted by atomic mass is 10.1. The largest absolute Gasteiger partial charge is 0.356 e. The highest BCUT2D eigenvalue weighted by Crippen LogP contribution is 2.04. The summed E-state index contributed by atoms with van der Waals surface area (Å²) in [6, 6.07) is 4.00. The lowest BCUT2D eigenvalue weighted by Gasteiger charge is -2.06. The Hall–Kier alpha value is -1.42. The van der Waals surface area contributed by atoms with Gasteiger partial charge in [0.1, 0.15) is 0 Å². The molecule has 0 unspecified atom stereocenters. The number of pyridine rings is 1. The molecule has 0 aliphatic rings. The first-order valence-corrected chi connectivity index (χ1v) is 8.19. The summed E-state index contributed by atoms with van der Waals surface area (Å²) >= 11 is 0. The minimum atomic E-state index is 0.193. The molecule has 2 N–H and O–H groups in total. The molecule has 0 aliphatic carbocycles. The van der Waals surface area contributed by atoms with Gasteiger partial charge in [-0.1, -0.05) is 38.7 Å². The van der Waals surface area contributed by atoms with Gasteiger partial charge in [0, 0.05) is 31.9 Å². The lowest BCUT2D eigenvalue weighted by Crippen LogP contribution is -2.27.